The monoisotopic (exact) mass is 557 g/mol. The topological polar surface area (TPSA) is 40.2 Å². The summed E-state index contributed by atoms with van der Waals surface area (Å²) in [4.78, 5) is 2.13. The van der Waals surface area contributed by atoms with E-state index in [1.165, 1.54) is 0 Å². The summed E-state index contributed by atoms with van der Waals surface area (Å²) in [6, 6.07) is 29.5. The van der Waals surface area contributed by atoms with Gasteiger partial charge >= 0.3 is 6.18 Å². The van der Waals surface area contributed by atoms with E-state index in [4.69, 9.17) is 18.9 Å². The second-order valence-corrected chi connectivity index (χ2v) is 10.2. The Morgan fingerprint density at radius 2 is 1.20 bits per heavy atom. The van der Waals surface area contributed by atoms with E-state index in [0.717, 1.165) is 16.7 Å². The lowest BCUT2D eigenvalue weighted by atomic mass is 9.88. The van der Waals surface area contributed by atoms with E-state index in [1.807, 2.05) is 91.0 Å². The molecule has 1 aliphatic heterocycles. The van der Waals surface area contributed by atoms with Crippen molar-refractivity contribution in [3.05, 3.63) is 108 Å². The van der Waals surface area contributed by atoms with Gasteiger partial charge in [-0.15, -0.1) is 0 Å². The molecule has 0 unspecified atom stereocenters. The van der Waals surface area contributed by atoms with E-state index >= 15 is 0 Å². The zero-order valence-electron chi connectivity index (χ0n) is 22.8. The molecule has 1 heterocycles. The molecule has 0 aromatic heterocycles. The molecule has 1 fully saturated rings. The van der Waals surface area contributed by atoms with Crippen molar-refractivity contribution in [2.45, 2.75) is 51.2 Å². The number of halogens is 3. The molecule has 0 spiro atoms. The third-order valence-corrected chi connectivity index (χ3v) is 7.01. The van der Waals surface area contributed by atoms with Crippen LogP contribution in [0.4, 0.5) is 13.2 Å². The third-order valence-electron chi connectivity index (χ3n) is 7.01. The van der Waals surface area contributed by atoms with Gasteiger partial charge in [0.15, 0.2) is 0 Å². The summed E-state index contributed by atoms with van der Waals surface area (Å²) in [5.74, 6) is 0.0671. The fourth-order valence-electron chi connectivity index (χ4n) is 5.06. The molecule has 4 rings (SSSR count). The lowest BCUT2D eigenvalue weighted by Crippen LogP contribution is -2.62. The molecule has 1 aliphatic rings. The van der Waals surface area contributed by atoms with Crippen LogP contribution in [0.3, 0.4) is 0 Å². The zero-order valence-corrected chi connectivity index (χ0v) is 22.8. The average Bonchev–Trinajstić information content (AvgIpc) is 2.96. The highest BCUT2D eigenvalue weighted by atomic mass is 19.4. The Morgan fingerprint density at radius 1 is 0.700 bits per heavy atom. The number of hydrogen-bond acceptors (Lipinski definition) is 5. The van der Waals surface area contributed by atoms with Crippen molar-refractivity contribution < 1.29 is 32.1 Å². The molecule has 0 bridgehead atoms. The first kappa shape index (κ1) is 30.2. The van der Waals surface area contributed by atoms with E-state index < -0.39 is 12.8 Å². The van der Waals surface area contributed by atoms with E-state index in [0.29, 0.717) is 39.5 Å². The molecular weight excluding hydrogens is 519 g/mol. The standard InChI is InChI=1S/C32H38F3NO4/c1-25-19-36(17-18-37-24-32(33,34)35)29(23-38-20-26-11-5-2-6-12-26)31(40-22-28-15-9-4-10-16-28)30(25)39-21-27-13-7-3-8-14-27/h2-16,25,29-31H,17-24H2,1H3/t25-,29+,30+,31+/m0/s1. The van der Waals surface area contributed by atoms with Crippen molar-refractivity contribution >= 4 is 0 Å². The Morgan fingerprint density at radius 3 is 1.73 bits per heavy atom. The number of benzene rings is 3. The first-order valence-corrected chi connectivity index (χ1v) is 13.7. The maximum atomic E-state index is 12.7. The van der Waals surface area contributed by atoms with E-state index in [2.05, 4.69) is 11.8 Å². The van der Waals surface area contributed by atoms with E-state index in [9.17, 15) is 13.2 Å². The minimum absolute atomic E-state index is 0.0393. The fraction of sp³-hybridized carbons (Fsp3) is 0.438. The Balaban J connectivity index is 1.51. The molecule has 0 saturated carbocycles. The van der Waals surface area contributed by atoms with Crippen LogP contribution in [0.25, 0.3) is 0 Å². The van der Waals surface area contributed by atoms with Gasteiger partial charge in [-0.3, -0.25) is 4.90 Å². The summed E-state index contributed by atoms with van der Waals surface area (Å²) in [5.41, 5.74) is 3.15. The van der Waals surface area contributed by atoms with Gasteiger partial charge in [0.25, 0.3) is 0 Å². The molecule has 0 N–H and O–H groups in total. The van der Waals surface area contributed by atoms with Crippen LogP contribution < -0.4 is 0 Å². The summed E-state index contributed by atoms with van der Waals surface area (Å²) >= 11 is 0. The van der Waals surface area contributed by atoms with E-state index in [-0.39, 0.29) is 30.8 Å². The van der Waals surface area contributed by atoms with Gasteiger partial charge in [-0.25, -0.2) is 0 Å². The van der Waals surface area contributed by atoms with Gasteiger partial charge in [0, 0.05) is 13.1 Å². The highest BCUT2D eigenvalue weighted by Crippen LogP contribution is 2.30. The Hall–Kier alpha value is -2.75. The number of alkyl halides is 3. The largest absolute Gasteiger partial charge is 0.411 e. The molecule has 0 amide bonds. The molecule has 0 radical (unpaired) electrons. The summed E-state index contributed by atoms with van der Waals surface area (Å²) in [6.45, 7) is 3.34. The van der Waals surface area contributed by atoms with Gasteiger partial charge < -0.3 is 18.9 Å². The lowest BCUT2D eigenvalue weighted by molar-refractivity contribution is -0.188. The van der Waals surface area contributed by atoms with Crippen LogP contribution in [0.2, 0.25) is 0 Å². The van der Waals surface area contributed by atoms with Crippen molar-refractivity contribution in [2.24, 2.45) is 5.92 Å². The van der Waals surface area contributed by atoms with Gasteiger partial charge in [-0.2, -0.15) is 13.2 Å². The summed E-state index contributed by atoms with van der Waals surface area (Å²) in [7, 11) is 0. The number of nitrogens with zero attached hydrogens (tertiary/aromatic N) is 1. The predicted molar refractivity (Wildman–Crippen MR) is 148 cm³/mol. The fourth-order valence-corrected chi connectivity index (χ4v) is 5.06. The number of hydrogen-bond donors (Lipinski definition) is 0. The van der Waals surface area contributed by atoms with Crippen molar-refractivity contribution in [3.63, 3.8) is 0 Å². The molecular formula is C32H38F3NO4. The smallest absolute Gasteiger partial charge is 0.375 e. The van der Waals surface area contributed by atoms with Crippen LogP contribution in [0.5, 0.6) is 0 Å². The molecule has 1 saturated heterocycles. The summed E-state index contributed by atoms with van der Waals surface area (Å²) in [6.07, 6.45) is -4.96. The highest BCUT2D eigenvalue weighted by Gasteiger charge is 2.43. The van der Waals surface area contributed by atoms with Gasteiger partial charge in [0.05, 0.1) is 45.2 Å². The van der Waals surface area contributed by atoms with Crippen LogP contribution >= 0.6 is 0 Å². The lowest BCUT2D eigenvalue weighted by Gasteiger charge is -2.48. The maximum Gasteiger partial charge on any atom is 0.411 e. The maximum absolute atomic E-state index is 12.7. The quantitative estimate of drug-likeness (QED) is 0.219. The average molecular weight is 558 g/mol. The summed E-state index contributed by atoms with van der Waals surface area (Å²) in [5, 5.41) is 0. The number of rotatable bonds is 14. The predicted octanol–water partition coefficient (Wildman–Crippen LogP) is 6.27. The third kappa shape index (κ3) is 9.71. The Bertz CT molecular complexity index is 1100. The molecule has 40 heavy (non-hydrogen) atoms. The van der Waals surface area contributed by atoms with Crippen molar-refractivity contribution in [1.82, 2.24) is 4.90 Å². The molecule has 0 aliphatic carbocycles. The minimum Gasteiger partial charge on any atom is -0.375 e. The van der Waals surface area contributed by atoms with Crippen LogP contribution in [-0.4, -0.2) is 62.2 Å². The second kappa shape index (κ2) is 15.3. The Kier molecular flexibility index (Phi) is 11.6. The van der Waals surface area contributed by atoms with Crippen LogP contribution in [0.15, 0.2) is 91.0 Å². The first-order valence-electron chi connectivity index (χ1n) is 13.7. The second-order valence-electron chi connectivity index (χ2n) is 10.2. The SMILES string of the molecule is C[C@H]1CN(CCOCC(F)(F)F)[C@H](COCc2ccccc2)[C@@H](OCc2ccccc2)[C@@H]1OCc1ccccc1. The van der Waals surface area contributed by atoms with Gasteiger partial charge in [0.1, 0.15) is 12.7 Å². The molecule has 4 atom stereocenters. The van der Waals surface area contributed by atoms with Crippen molar-refractivity contribution in [3.8, 4) is 0 Å². The van der Waals surface area contributed by atoms with Crippen LogP contribution in [0, 0.1) is 5.92 Å². The van der Waals surface area contributed by atoms with Gasteiger partial charge in [-0.05, 0) is 22.6 Å². The Labute approximate surface area is 234 Å². The van der Waals surface area contributed by atoms with Crippen LogP contribution in [-0.2, 0) is 38.8 Å². The molecule has 3 aromatic carbocycles. The minimum atomic E-state index is -4.36. The van der Waals surface area contributed by atoms with Gasteiger partial charge in [0.2, 0.25) is 0 Å². The number of ether oxygens (including phenoxy) is 4. The van der Waals surface area contributed by atoms with E-state index in [1.54, 1.807) is 0 Å². The van der Waals surface area contributed by atoms with Crippen LogP contribution in [0.1, 0.15) is 23.6 Å². The first-order chi connectivity index (χ1) is 19.4. The zero-order chi connectivity index (χ0) is 28.2. The molecule has 8 heteroatoms. The summed E-state index contributed by atoms with van der Waals surface area (Å²) < 4.78 is 62.3. The molecule has 216 valence electrons. The number of piperidine rings is 1. The van der Waals surface area contributed by atoms with Crippen molar-refractivity contribution in [2.75, 3.05) is 32.9 Å². The normalized spacial score (nSPS) is 21.9. The van der Waals surface area contributed by atoms with Crippen molar-refractivity contribution in [1.29, 1.82) is 0 Å². The van der Waals surface area contributed by atoms with Gasteiger partial charge in [-0.1, -0.05) is 97.9 Å². The molecule has 5 nitrogen and oxygen atoms in total. The molecule has 3 aromatic rings. The number of likely N-dealkylation sites (tertiary alicyclic amines) is 1. The highest BCUT2D eigenvalue weighted by molar-refractivity contribution is 5.15.